The number of hydrogen-bond acceptors (Lipinski definition) is 3. The molecular formula is C12H25N3O. The minimum absolute atomic E-state index is 0.235. The monoisotopic (exact) mass is 227 g/mol. The molecule has 1 heterocycles. The number of piperidine rings is 1. The Kier molecular flexibility index (Phi) is 4.59. The normalized spacial score (nSPS) is 24.7. The van der Waals surface area contributed by atoms with Crippen LogP contribution in [0.1, 0.15) is 40.0 Å². The van der Waals surface area contributed by atoms with Crippen molar-refractivity contribution >= 4 is 5.84 Å². The second-order valence-electron chi connectivity index (χ2n) is 5.98. The summed E-state index contributed by atoms with van der Waals surface area (Å²) in [6.07, 6.45) is 3.38. The smallest absolute Gasteiger partial charge is 0.143 e. The first kappa shape index (κ1) is 13.3. The van der Waals surface area contributed by atoms with E-state index in [4.69, 9.17) is 10.9 Å². The lowest BCUT2D eigenvalue weighted by Gasteiger charge is -2.33. The van der Waals surface area contributed by atoms with Crippen LogP contribution in [0.2, 0.25) is 0 Å². The maximum absolute atomic E-state index is 8.68. The first-order chi connectivity index (χ1) is 7.42. The Morgan fingerprint density at radius 3 is 2.75 bits per heavy atom. The van der Waals surface area contributed by atoms with Crippen molar-refractivity contribution in [1.82, 2.24) is 4.90 Å². The molecule has 1 atom stereocenters. The fourth-order valence-corrected chi connectivity index (χ4v) is 2.08. The molecule has 0 saturated carbocycles. The number of likely N-dealkylation sites (tertiary alicyclic amines) is 1. The molecular weight excluding hydrogens is 202 g/mol. The maximum atomic E-state index is 8.68. The van der Waals surface area contributed by atoms with Crippen molar-refractivity contribution in [3.8, 4) is 0 Å². The third-order valence-electron chi connectivity index (χ3n) is 3.22. The Labute approximate surface area is 98.5 Å². The van der Waals surface area contributed by atoms with Gasteiger partial charge in [-0.2, -0.15) is 0 Å². The highest BCUT2D eigenvalue weighted by atomic mass is 16.4. The Hall–Kier alpha value is -0.770. The molecule has 4 nitrogen and oxygen atoms in total. The van der Waals surface area contributed by atoms with Crippen LogP contribution in [0.3, 0.4) is 0 Å². The summed E-state index contributed by atoms with van der Waals surface area (Å²) in [4.78, 5) is 2.43. The van der Waals surface area contributed by atoms with Crippen LogP contribution >= 0.6 is 0 Å². The van der Waals surface area contributed by atoms with Crippen LogP contribution in [0.15, 0.2) is 5.16 Å². The fraction of sp³-hybridized carbons (Fsp3) is 0.917. The summed E-state index contributed by atoms with van der Waals surface area (Å²) < 4.78 is 0. The Morgan fingerprint density at radius 2 is 2.19 bits per heavy atom. The third-order valence-corrected chi connectivity index (χ3v) is 3.22. The van der Waals surface area contributed by atoms with Crippen molar-refractivity contribution < 1.29 is 5.21 Å². The molecule has 16 heavy (non-hydrogen) atoms. The zero-order chi connectivity index (χ0) is 12.2. The number of oxime groups is 1. The molecule has 0 spiro atoms. The van der Waals surface area contributed by atoms with Crippen molar-refractivity contribution in [2.24, 2.45) is 22.2 Å². The van der Waals surface area contributed by atoms with Gasteiger partial charge in [-0.3, -0.25) is 0 Å². The molecule has 4 heteroatoms. The van der Waals surface area contributed by atoms with Gasteiger partial charge in [-0.05, 0) is 37.8 Å². The van der Waals surface area contributed by atoms with Crippen LogP contribution < -0.4 is 5.73 Å². The first-order valence-electron chi connectivity index (χ1n) is 6.12. The predicted molar refractivity (Wildman–Crippen MR) is 66.6 cm³/mol. The molecule has 0 radical (unpaired) electrons. The molecule has 1 rings (SSSR count). The van der Waals surface area contributed by atoms with E-state index in [2.05, 4.69) is 30.8 Å². The SMILES string of the molecule is CC(C)(C)CCN1CCCC(C(N)=NO)C1. The quantitative estimate of drug-likeness (QED) is 0.335. The van der Waals surface area contributed by atoms with Crippen molar-refractivity contribution in [3.05, 3.63) is 0 Å². The largest absolute Gasteiger partial charge is 0.409 e. The second-order valence-corrected chi connectivity index (χ2v) is 5.98. The lowest BCUT2D eigenvalue weighted by Crippen LogP contribution is -2.42. The minimum Gasteiger partial charge on any atom is -0.409 e. The zero-order valence-electron chi connectivity index (χ0n) is 10.7. The van der Waals surface area contributed by atoms with Crippen molar-refractivity contribution in [2.75, 3.05) is 19.6 Å². The van der Waals surface area contributed by atoms with Crippen molar-refractivity contribution in [1.29, 1.82) is 0 Å². The van der Waals surface area contributed by atoms with Gasteiger partial charge in [0, 0.05) is 12.5 Å². The Bertz CT molecular complexity index is 245. The van der Waals surface area contributed by atoms with Gasteiger partial charge in [0.1, 0.15) is 5.84 Å². The van der Waals surface area contributed by atoms with Crippen molar-refractivity contribution in [2.45, 2.75) is 40.0 Å². The van der Waals surface area contributed by atoms with Gasteiger partial charge >= 0.3 is 0 Å². The summed E-state index contributed by atoms with van der Waals surface area (Å²) >= 11 is 0. The van der Waals surface area contributed by atoms with E-state index in [1.165, 1.54) is 6.42 Å². The molecule has 0 aromatic rings. The van der Waals surface area contributed by atoms with Crippen LogP contribution in [0.25, 0.3) is 0 Å². The molecule has 0 amide bonds. The highest BCUT2D eigenvalue weighted by Gasteiger charge is 2.23. The summed E-state index contributed by atoms with van der Waals surface area (Å²) in [7, 11) is 0. The van der Waals surface area contributed by atoms with E-state index in [-0.39, 0.29) is 5.92 Å². The topological polar surface area (TPSA) is 61.8 Å². The molecule has 1 aliphatic heterocycles. The van der Waals surface area contributed by atoms with E-state index in [0.29, 0.717) is 11.3 Å². The van der Waals surface area contributed by atoms with Gasteiger partial charge in [0.05, 0.1) is 0 Å². The molecule has 1 aliphatic rings. The van der Waals surface area contributed by atoms with Gasteiger partial charge in [-0.25, -0.2) is 0 Å². The van der Waals surface area contributed by atoms with Crippen LogP contribution in [0, 0.1) is 11.3 Å². The number of nitrogens with zero attached hydrogens (tertiary/aromatic N) is 2. The van der Waals surface area contributed by atoms with Crippen molar-refractivity contribution in [3.63, 3.8) is 0 Å². The first-order valence-corrected chi connectivity index (χ1v) is 6.12. The fourth-order valence-electron chi connectivity index (χ4n) is 2.08. The highest BCUT2D eigenvalue weighted by Crippen LogP contribution is 2.22. The summed E-state index contributed by atoms with van der Waals surface area (Å²) in [5, 5.41) is 11.8. The van der Waals surface area contributed by atoms with Crippen LogP contribution in [0.4, 0.5) is 0 Å². The van der Waals surface area contributed by atoms with E-state index >= 15 is 0 Å². The van der Waals surface area contributed by atoms with Crippen LogP contribution in [-0.2, 0) is 0 Å². The highest BCUT2D eigenvalue weighted by molar-refractivity contribution is 5.82. The lowest BCUT2D eigenvalue weighted by atomic mass is 9.91. The van der Waals surface area contributed by atoms with E-state index in [9.17, 15) is 0 Å². The average molecular weight is 227 g/mol. The summed E-state index contributed by atoms with van der Waals surface area (Å²) in [5.74, 6) is 0.624. The molecule has 0 aromatic carbocycles. The van der Waals surface area contributed by atoms with Gasteiger partial charge in [0.15, 0.2) is 0 Å². The van der Waals surface area contributed by atoms with Gasteiger partial charge < -0.3 is 15.8 Å². The zero-order valence-corrected chi connectivity index (χ0v) is 10.7. The standard InChI is InChI=1S/C12H25N3O/c1-12(2,3)6-8-15-7-4-5-10(9-15)11(13)14-16/h10,16H,4-9H2,1-3H3,(H2,13,14). The lowest BCUT2D eigenvalue weighted by molar-refractivity contribution is 0.175. The number of nitrogens with two attached hydrogens (primary N) is 1. The molecule has 1 saturated heterocycles. The molecule has 0 bridgehead atoms. The number of amidine groups is 1. The number of hydrogen-bond donors (Lipinski definition) is 2. The predicted octanol–water partition coefficient (Wildman–Crippen LogP) is 1.88. The van der Waals surface area contributed by atoms with Gasteiger partial charge in [-0.15, -0.1) is 0 Å². The van der Waals surface area contributed by atoms with Crippen LogP contribution in [-0.4, -0.2) is 35.6 Å². The van der Waals surface area contributed by atoms with E-state index in [1.54, 1.807) is 0 Å². The maximum Gasteiger partial charge on any atom is 0.143 e. The second kappa shape index (κ2) is 5.53. The average Bonchev–Trinajstić information content (AvgIpc) is 2.25. The summed E-state index contributed by atoms with van der Waals surface area (Å²) in [6.45, 7) is 9.98. The summed E-state index contributed by atoms with van der Waals surface area (Å²) in [5.41, 5.74) is 6.04. The van der Waals surface area contributed by atoms with E-state index in [0.717, 1.165) is 32.5 Å². The molecule has 1 unspecified atom stereocenters. The number of rotatable bonds is 3. The minimum atomic E-state index is 0.235. The molecule has 94 valence electrons. The molecule has 3 N–H and O–H groups in total. The Balaban J connectivity index is 2.39. The molecule has 0 aromatic heterocycles. The van der Waals surface area contributed by atoms with Gasteiger partial charge in [0.2, 0.25) is 0 Å². The van der Waals surface area contributed by atoms with Gasteiger partial charge in [0.25, 0.3) is 0 Å². The summed E-state index contributed by atoms with van der Waals surface area (Å²) in [6, 6.07) is 0. The van der Waals surface area contributed by atoms with E-state index in [1.807, 2.05) is 0 Å². The van der Waals surface area contributed by atoms with Crippen LogP contribution in [0.5, 0.6) is 0 Å². The molecule has 0 aliphatic carbocycles. The third kappa shape index (κ3) is 4.39. The van der Waals surface area contributed by atoms with Gasteiger partial charge in [-0.1, -0.05) is 25.9 Å². The van der Waals surface area contributed by atoms with E-state index < -0.39 is 0 Å². The Morgan fingerprint density at radius 1 is 1.50 bits per heavy atom. The molecule has 1 fully saturated rings.